The van der Waals surface area contributed by atoms with E-state index in [9.17, 15) is 0 Å². The largest absolute Gasteiger partial charge is 0.380 e. The van der Waals surface area contributed by atoms with Crippen LogP contribution in [0.1, 0.15) is 33.6 Å². The number of likely N-dealkylation sites (N-methyl/N-ethyl adjacent to an activating group) is 1. The molecule has 0 saturated heterocycles. The Labute approximate surface area is 102 Å². The predicted octanol–water partition coefficient (Wildman–Crippen LogP) is 1.98. The molecule has 0 spiro atoms. The van der Waals surface area contributed by atoms with Gasteiger partial charge in [0.05, 0.1) is 6.61 Å². The van der Waals surface area contributed by atoms with Crippen molar-refractivity contribution in [2.24, 2.45) is 5.41 Å². The molecular formula is C13H30N2O. The number of rotatable bonds is 10. The van der Waals surface area contributed by atoms with Crippen molar-refractivity contribution in [1.82, 2.24) is 10.2 Å². The van der Waals surface area contributed by atoms with E-state index >= 15 is 0 Å². The van der Waals surface area contributed by atoms with E-state index in [0.29, 0.717) is 5.41 Å². The highest BCUT2D eigenvalue weighted by Gasteiger charge is 2.26. The van der Waals surface area contributed by atoms with Gasteiger partial charge in [0.25, 0.3) is 0 Å². The van der Waals surface area contributed by atoms with Crippen LogP contribution < -0.4 is 5.32 Å². The average molecular weight is 230 g/mol. The van der Waals surface area contributed by atoms with E-state index in [1.54, 1.807) is 0 Å². The molecule has 0 heterocycles. The topological polar surface area (TPSA) is 24.5 Å². The lowest BCUT2D eigenvalue weighted by atomic mass is 9.81. The van der Waals surface area contributed by atoms with Gasteiger partial charge in [0, 0.05) is 26.2 Å². The normalized spacial score (nSPS) is 12.4. The quantitative estimate of drug-likeness (QED) is 0.581. The molecule has 0 aromatic rings. The van der Waals surface area contributed by atoms with Gasteiger partial charge >= 0.3 is 0 Å². The highest BCUT2D eigenvalue weighted by Crippen LogP contribution is 2.26. The first-order valence-electron chi connectivity index (χ1n) is 6.55. The van der Waals surface area contributed by atoms with Gasteiger partial charge in [-0.2, -0.15) is 0 Å². The maximum Gasteiger partial charge on any atom is 0.0593 e. The SMILES string of the molecule is CCOCCN(C)CC(CC)(CC)CNC. The summed E-state index contributed by atoms with van der Waals surface area (Å²) in [4.78, 5) is 2.39. The zero-order chi connectivity index (χ0) is 12.4. The minimum Gasteiger partial charge on any atom is -0.380 e. The van der Waals surface area contributed by atoms with Crippen molar-refractivity contribution in [2.75, 3.05) is 46.9 Å². The van der Waals surface area contributed by atoms with E-state index in [-0.39, 0.29) is 0 Å². The van der Waals surface area contributed by atoms with E-state index in [4.69, 9.17) is 4.74 Å². The van der Waals surface area contributed by atoms with E-state index in [1.807, 2.05) is 14.0 Å². The molecule has 1 N–H and O–H groups in total. The van der Waals surface area contributed by atoms with Crippen molar-refractivity contribution in [2.45, 2.75) is 33.6 Å². The summed E-state index contributed by atoms with van der Waals surface area (Å²) < 4.78 is 5.39. The van der Waals surface area contributed by atoms with Gasteiger partial charge in [0.15, 0.2) is 0 Å². The Morgan fingerprint density at radius 1 is 1.19 bits per heavy atom. The maximum absolute atomic E-state index is 5.39. The highest BCUT2D eigenvalue weighted by molar-refractivity contribution is 4.81. The highest BCUT2D eigenvalue weighted by atomic mass is 16.5. The lowest BCUT2D eigenvalue weighted by Crippen LogP contribution is -2.42. The average Bonchev–Trinajstić information content (AvgIpc) is 2.29. The third-order valence-electron chi connectivity index (χ3n) is 3.48. The van der Waals surface area contributed by atoms with Gasteiger partial charge in [0.2, 0.25) is 0 Å². The number of nitrogens with one attached hydrogen (secondary N) is 1. The molecule has 0 aromatic carbocycles. The maximum atomic E-state index is 5.39. The molecule has 0 aliphatic heterocycles. The van der Waals surface area contributed by atoms with Gasteiger partial charge < -0.3 is 15.0 Å². The Kier molecular flexibility index (Phi) is 8.90. The molecule has 3 nitrogen and oxygen atoms in total. The molecule has 0 saturated carbocycles. The fourth-order valence-electron chi connectivity index (χ4n) is 2.17. The summed E-state index contributed by atoms with van der Waals surface area (Å²) in [6.07, 6.45) is 2.45. The number of hydrogen-bond acceptors (Lipinski definition) is 3. The van der Waals surface area contributed by atoms with Crippen LogP contribution in [0.4, 0.5) is 0 Å². The molecule has 0 unspecified atom stereocenters. The summed E-state index contributed by atoms with van der Waals surface area (Å²) in [6.45, 7) is 11.6. The van der Waals surface area contributed by atoms with Crippen molar-refractivity contribution in [3.8, 4) is 0 Å². The van der Waals surface area contributed by atoms with Crippen molar-refractivity contribution in [1.29, 1.82) is 0 Å². The molecule has 0 bridgehead atoms. The minimum absolute atomic E-state index is 0.412. The first kappa shape index (κ1) is 15.9. The third-order valence-corrected chi connectivity index (χ3v) is 3.48. The van der Waals surface area contributed by atoms with Gasteiger partial charge in [-0.3, -0.25) is 0 Å². The summed E-state index contributed by atoms with van der Waals surface area (Å²) in [7, 11) is 4.23. The molecule has 3 heteroatoms. The lowest BCUT2D eigenvalue weighted by molar-refractivity contribution is 0.0958. The first-order chi connectivity index (χ1) is 7.64. The van der Waals surface area contributed by atoms with E-state index in [2.05, 4.69) is 31.1 Å². The van der Waals surface area contributed by atoms with Crippen molar-refractivity contribution >= 4 is 0 Å². The van der Waals surface area contributed by atoms with Gasteiger partial charge in [-0.1, -0.05) is 13.8 Å². The molecule has 0 atom stereocenters. The molecule has 0 radical (unpaired) electrons. The van der Waals surface area contributed by atoms with Crippen LogP contribution >= 0.6 is 0 Å². The standard InChI is InChI=1S/C13H30N2O/c1-6-13(7-2,11-14-4)12-15(5)9-10-16-8-3/h14H,6-12H2,1-5H3. The Morgan fingerprint density at radius 2 is 1.81 bits per heavy atom. The van der Waals surface area contributed by atoms with Crippen LogP contribution in [0, 0.1) is 5.41 Å². The van der Waals surface area contributed by atoms with Gasteiger partial charge in [0.1, 0.15) is 0 Å². The molecule has 0 aromatic heterocycles. The van der Waals surface area contributed by atoms with Gasteiger partial charge in [-0.05, 0) is 39.3 Å². The van der Waals surface area contributed by atoms with Crippen LogP contribution in [0.3, 0.4) is 0 Å². The minimum atomic E-state index is 0.412. The van der Waals surface area contributed by atoms with E-state index in [0.717, 1.165) is 32.8 Å². The van der Waals surface area contributed by atoms with Crippen molar-refractivity contribution in [3.05, 3.63) is 0 Å². The van der Waals surface area contributed by atoms with E-state index in [1.165, 1.54) is 12.8 Å². The Balaban J connectivity index is 4.06. The zero-order valence-electron chi connectivity index (χ0n) is 11.8. The number of hydrogen-bond donors (Lipinski definition) is 1. The Bertz CT molecular complexity index is 158. The predicted molar refractivity (Wildman–Crippen MR) is 70.9 cm³/mol. The molecule has 0 rings (SSSR count). The second-order valence-electron chi connectivity index (χ2n) is 4.67. The van der Waals surface area contributed by atoms with Gasteiger partial charge in [-0.15, -0.1) is 0 Å². The van der Waals surface area contributed by atoms with Crippen LogP contribution in [0.5, 0.6) is 0 Å². The number of nitrogens with zero attached hydrogens (tertiary/aromatic N) is 1. The van der Waals surface area contributed by atoms with Crippen LogP contribution in [-0.4, -0.2) is 51.8 Å². The lowest BCUT2D eigenvalue weighted by Gasteiger charge is -2.35. The molecule has 0 amide bonds. The molecule has 0 aliphatic carbocycles. The van der Waals surface area contributed by atoms with Crippen LogP contribution in [0.2, 0.25) is 0 Å². The van der Waals surface area contributed by atoms with Crippen LogP contribution in [-0.2, 0) is 4.74 Å². The second-order valence-corrected chi connectivity index (χ2v) is 4.67. The molecule has 0 fully saturated rings. The summed E-state index contributed by atoms with van der Waals surface area (Å²) in [5, 5.41) is 3.33. The van der Waals surface area contributed by atoms with Crippen molar-refractivity contribution < 1.29 is 4.74 Å². The van der Waals surface area contributed by atoms with Crippen molar-refractivity contribution in [3.63, 3.8) is 0 Å². The van der Waals surface area contributed by atoms with Crippen LogP contribution in [0.15, 0.2) is 0 Å². The zero-order valence-corrected chi connectivity index (χ0v) is 11.8. The third kappa shape index (κ3) is 5.83. The molecular weight excluding hydrogens is 200 g/mol. The number of ether oxygens (including phenoxy) is 1. The summed E-state index contributed by atoms with van der Waals surface area (Å²) in [5.41, 5.74) is 0.412. The van der Waals surface area contributed by atoms with E-state index < -0.39 is 0 Å². The summed E-state index contributed by atoms with van der Waals surface area (Å²) in [6, 6.07) is 0. The molecule has 98 valence electrons. The monoisotopic (exact) mass is 230 g/mol. The Hall–Kier alpha value is -0.120. The smallest absolute Gasteiger partial charge is 0.0593 e. The molecule has 0 aliphatic rings. The first-order valence-corrected chi connectivity index (χ1v) is 6.55. The van der Waals surface area contributed by atoms with Gasteiger partial charge in [-0.25, -0.2) is 0 Å². The Morgan fingerprint density at radius 3 is 2.25 bits per heavy atom. The summed E-state index contributed by atoms with van der Waals surface area (Å²) in [5.74, 6) is 0. The fraction of sp³-hybridized carbons (Fsp3) is 1.00. The van der Waals surface area contributed by atoms with Crippen LogP contribution in [0.25, 0.3) is 0 Å². The molecule has 16 heavy (non-hydrogen) atoms. The fourth-order valence-corrected chi connectivity index (χ4v) is 2.17. The second kappa shape index (κ2) is 8.97. The summed E-state index contributed by atoms with van der Waals surface area (Å²) >= 11 is 0.